The van der Waals surface area contributed by atoms with Gasteiger partial charge in [-0.05, 0) is 25.7 Å². The van der Waals surface area contributed by atoms with E-state index in [1.165, 1.54) is 0 Å². The van der Waals surface area contributed by atoms with Gasteiger partial charge in [0.15, 0.2) is 0 Å². The van der Waals surface area contributed by atoms with E-state index in [1.807, 2.05) is 6.92 Å². The van der Waals surface area contributed by atoms with Gasteiger partial charge in [-0.2, -0.15) is 0 Å². The van der Waals surface area contributed by atoms with Gasteiger partial charge < -0.3 is 16.4 Å². The number of nitrogens with two attached hydrogens (primary N) is 2. The van der Waals surface area contributed by atoms with E-state index >= 15 is 0 Å². The van der Waals surface area contributed by atoms with Crippen molar-refractivity contribution >= 4 is 17.5 Å². The van der Waals surface area contributed by atoms with Crippen LogP contribution in [0.15, 0.2) is 0 Å². The normalized spacial score (nSPS) is 16.5. The molecule has 0 saturated carbocycles. The van der Waals surface area contributed by atoms with Crippen molar-refractivity contribution in [1.29, 1.82) is 0 Å². The number of nitrogen functional groups attached to an aromatic ring is 1. The summed E-state index contributed by atoms with van der Waals surface area (Å²) in [5.41, 5.74) is 12.2. The number of amides is 1. The molecule has 2 heterocycles. The number of carbonyl (C=O) groups is 1. The lowest BCUT2D eigenvalue weighted by molar-refractivity contribution is -0.119. The van der Waals surface area contributed by atoms with Gasteiger partial charge in [0.2, 0.25) is 5.91 Å². The maximum Gasteiger partial charge on any atom is 0.217 e. The summed E-state index contributed by atoms with van der Waals surface area (Å²) < 4.78 is 0. The molecule has 116 valence electrons. The Hall–Kier alpha value is -1.85. The van der Waals surface area contributed by atoms with Crippen molar-refractivity contribution < 1.29 is 4.79 Å². The molecular weight excluding hydrogens is 266 g/mol. The average Bonchev–Trinajstić information content (AvgIpc) is 2.42. The summed E-state index contributed by atoms with van der Waals surface area (Å²) in [6.07, 6.45) is 2.41. The molecule has 0 radical (unpaired) electrons. The monoisotopic (exact) mass is 291 g/mol. The number of hydrogen-bond acceptors (Lipinski definition) is 5. The van der Waals surface area contributed by atoms with Gasteiger partial charge in [-0.15, -0.1) is 0 Å². The fraction of sp³-hybridized carbons (Fsp3) is 0.667. The number of rotatable bonds is 4. The van der Waals surface area contributed by atoms with Gasteiger partial charge >= 0.3 is 0 Å². The molecule has 6 nitrogen and oxygen atoms in total. The maximum atomic E-state index is 11.0. The quantitative estimate of drug-likeness (QED) is 0.877. The lowest BCUT2D eigenvalue weighted by atomic mass is 9.93. The van der Waals surface area contributed by atoms with Gasteiger partial charge in [-0.1, -0.05) is 13.8 Å². The summed E-state index contributed by atoms with van der Waals surface area (Å²) in [7, 11) is 0. The van der Waals surface area contributed by atoms with E-state index in [2.05, 4.69) is 28.7 Å². The molecular formula is C15H25N5O. The molecule has 1 aliphatic heterocycles. The molecule has 1 amide bonds. The number of anilines is 2. The first-order valence-corrected chi connectivity index (χ1v) is 7.55. The van der Waals surface area contributed by atoms with E-state index in [1.54, 1.807) is 0 Å². The van der Waals surface area contributed by atoms with Crippen LogP contribution in [-0.4, -0.2) is 29.0 Å². The van der Waals surface area contributed by atoms with Gasteiger partial charge in [-0.25, -0.2) is 9.97 Å². The van der Waals surface area contributed by atoms with Crippen molar-refractivity contribution in [3.8, 4) is 0 Å². The van der Waals surface area contributed by atoms with Crippen LogP contribution < -0.4 is 16.4 Å². The fourth-order valence-corrected chi connectivity index (χ4v) is 2.74. The fourth-order valence-electron chi connectivity index (χ4n) is 2.74. The first-order valence-electron chi connectivity index (χ1n) is 7.55. The highest BCUT2D eigenvalue weighted by Crippen LogP contribution is 2.29. The van der Waals surface area contributed by atoms with Crippen LogP contribution in [0.4, 0.5) is 11.6 Å². The van der Waals surface area contributed by atoms with Crippen molar-refractivity contribution in [1.82, 2.24) is 9.97 Å². The van der Waals surface area contributed by atoms with Crippen molar-refractivity contribution in [2.45, 2.75) is 46.0 Å². The average molecular weight is 291 g/mol. The second kappa shape index (κ2) is 6.28. The summed E-state index contributed by atoms with van der Waals surface area (Å²) in [6, 6.07) is 0. The number of piperidine rings is 1. The number of nitrogens with zero attached hydrogens (tertiary/aromatic N) is 3. The zero-order valence-corrected chi connectivity index (χ0v) is 13.1. The van der Waals surface area contributed by atoms with Crippen LogP contribution in [0.1, 0.15) is 50.4 Å². The Labute approximate surface area is 125 Å². The highest BCUT2D eigenvalue weighted by atomic mass is 16.1. The second-order valence-corrected chi connectivity index (χ2v) is 6.17. The first kappa shape index (κ1) is 15.5. The molecule has 2 rings (SSSR count). The van der Waals surface area contributed by atoms with Gasteiger partial charge in [0.1, 0.15) is 17.5 Å². The maximum absolute atomic E-state index is 11.0. The third kappa shape index (κ3) is 3.62. The molecule has 1 aromatic heterocycles. The minimum atomic E-state index is -0.210. The van der Waals surface area contributed by atoms with Crippen molar-refractivity contribution in [3.05, 3.63) is 11.4 Å². The molecule has 4 N–H and O–H groups in total. The molecule has 1 aliphatic rings. The Balaban J connectivity index is 2.14. The zero-order chi connectivity index (χ0) is 15.6. The molecule has 0 aliphatic carbocycles. The van der Waals surface area contributed by atoms with Crippen molar-refractivity contribution in [2.24, 2.45) is 11.7 Å². The smallest absolute Gasteiger partial charge is 0.217 e. The molecule has 0 aromatic carbocycles. The van der Waals surface area contributed by atoms with E-state index in [0.29, 0.717) is 18.2 Å². The van der Waals surface area contributed by atoms with E-state index < -0.39 is 0 Å². The third-order valence-electron chi connectivity index (χ3n) is 4.10. The minimum absolute atomic E-state index is 0.210. The first-order chi connectivity index (χ1) is 9.88. The van der Waals surface area contributed by atoms with Gasteiger partial charge in [-0.3, -0.25) is 4.79 Å². The largest absolute Gasteiger partial charge is 0.383 e. The summed E-state index contributed by atoms with van der Waals surface area (Å²) >= 11 is 0. The van der Waals surface area contributed by atoms with Crippen LogP contribution in [0.3, 0.4) is 0 Å². The Bertz CT molecular complexity index is 521. The topological polar surface area (TPSA) is 98.1 Å². The molecule has 0 unspecified atom stereocenters. The molecule has 0 atom stereocenters. The molecule has 0 bridgehead atoms. The third-order valence-corrected chi connectivity index (χ3v) is 4.10. The number of primary amides is 1. The standard InChI is InChI=1S/C15H25N5O/c1-9(2)14-18-13(17)10(3)15(19-14)20-6-4-11(5-7-20)8-12(16)21/h9,11H,4-8H2,1-3H3,(H2,16,21)(H2,17,18,19). The second-order valence-electron chi connectivity index (χ2n) is 6.17. The van der Waals surface area contributed by atoms with Gasteiger partial charge in [0, 0.05) is 31.0 Å². The lowest BCUT2D eigenvalue weighted by Gasteiger charge is -2.33. The van der Waals surface area contributed by atoms with Crippen LogP contribution in [0.5, 0.6) is 0 Å². The molecule has 1 saturated heterocycles. The Morgan fingerprint density at radius 3 is 2.48 bits per heavy atom. The summed E-state index contributed by atoms with van der Waals surface area (Å²) in [4.78, 5) is 22.3. The summed E-state index contributed by atoms with van der Waals surface area (Å²) in [5.74, 6) is 2.71. The highest BCUT2D eigenvalue weighted by molar-refractivity contribution is 5.74. The van der Waals surface area contributed by atoms with Crippen LogP contribution >= 0.6 is 0 Å². The Morgan fingerprint density at radius 1 is 1.33 bits per heavy atom. The van der Waals surface area contributed by atoms with Gasteiger partial charge in [0.05, 0.1) is 0 Å². The van der Waals surface area contributed by atoms with Crippen molar-refractivity contribution in [3.63, 3.8) is 0 Å². The predicted octanol–water partition coefficient (Wildman–Crippen LogP) is 1.58. The van der Waals surface area contributed by atoms with Crippen LogP contribution in [0.2, 0.25) is 0 Å². The SMILES string of the molecule is Cc1c(N)nc(C(C)C)nc1N1CCC(CC(N)=O)CC1. The molecule has 1 fully saturated rings. The predicted molar refractivity (Wildman–Crippen MR) is 84.0 cm³/mol. The molecule has 21 heavy (non-hydrogen) atoms. The van der Waals surface area contributed by atoms with Crippen molar-refractivity contribution in [2.75, 3.05) is 23.7 Å². The summed E-state index contributed by atoms with van der Waals surface area (Å²) in [6.45, 7) is 7.85. The number of hydrogen-bond donors (Lipinski definition) is 2. The zero-order valence-electron chi connectivity index (χ0n) is 13.1. The molecule has 0 spiro atoms. The van der Waals surface area contributed by atoms with Crippen LogP contribution in [0, 0.1) is 12.8 Å². The van der Waals surface area contributed by atoms with E-state index in [9.17, 15) is 4.79 Å². The van der Waals surface area contributed by atoms with E-state index in [4.69, 9.17) is 11.5 Å². The Kier molecular flexibility index (Phi) is 4.65. The van der Waals surface area contributed by atoms with Crippen LogP contribution in [-0.2, 0) is 4.79 Å². The van der Waals surface area contributed by atoms with E-state index in [0.717, 1.165) is 43.1 Å². The van der Waals surface area contributed by atoms with E-state index in [-0.39, 0.29) is 11.8 Å². The summed E-state index contributed by atoms with van der Waals surface area (Å²) in [5, 5.41) is 0. The molecule has 6 heteroatoms. The van der Waals surface area contributed by atoms with Gasteiger partial charge in [0.25, 0.3) is 0 Å². The Morgan fingerprint density at radius 2 is 1.95 bits per heavy atom. The van der Waals surface area contributed by atoms with Crippen LogP contribution in [0.25, 0.3) is 0 Å². The molecule has 1 aromatic rings. The highest BCUT2D eigenvalue weighted by Gasteiger charge is 2.24. The number of carbonyl (C=O) groups excluding carboxylic acids is 1. The minimum Gasteiger partial charge on any atom is -0.383 e. The number of aromatic nitrogens is 2. The lowest BCUT2D eigenvalue weighted by Crippen LogP contribution is -2.36.